The Kier molecular flexibility index (Phi) is 7.94. The summed E-state index contributed by atoms with van der Waals surface area (Å²) in [4.78, 5) is 26.6. The third-order valence-corrected chi connectivity index (χ3v) is 7.47. The standard InChI is InChI=1S/C24H24F2IN5O5S/c1-12-21(37-19-11-15(7-8-16(19)25)31-38(35,36)28-2)20(23(33)29-14-5-6-14)22(32(3)24(12)34)30-18-9-4-13(27)10-17(18)26/h4,7-11,14,28,30-31H,5-6H2,1-3H3,(H,29,33). The van der Waals surface area contributed by atoms with Crippen molar-refractivity contribution in [2.45, 2.75) is 25.8 Å². The minimum atomic E-state index is -3.91. The van der Waals surface area contributed by atoms with Crippen molar-refractivity contribution < 1.29 is 26.7 Å². The Morgan fingerprint density at radius 1 is 1.13 bits per heavy atom. The number of nitrogens with one attached hydrogen (secondary N) is 4. The molecule has 1 saturated carbocycles. The summed E-state index contributed by atoms with van der Waals surface area (Å²) in [7, 11) is -1.31. The van der Waals surface area contributed by atoms with Crippen LogP contribution in [0.25, 0.3) is 0 Å². The fourth-order valence-corrected chi connectivity index (χ4v) is 4.55. The van der Waals surface area contributed by atoms with Gasteiger partial charge in [-0.2, -0.15) is 8.42 Å². The van der Waals surface area contributed by atoms with Gasteiger partial charge in [-0.25, -0.2) is 13.5 Å². The molecule has 2 aromatic carbocycles. The molecule has 0 aliphatic heterocycles. The van der Waals surface area contributed by atoms with Gasteiger partial charge in [-0.05, 0) is 72.7 Å². The SMILES string of the molecule is CNS(=O)(=O)Nc1ccc(F)c(Oc2c(C(=O)NC3CC3)c(Nc3ccc(I)cc3F)n(C)c(=O)c2C)c1. The van der Waals surface area contributed by atoms with E-state index in [1.54, 1.807) is 6.07 Å². The van der Waals surface area contributed by atoms with Gasteiger partial charge in [0.1, 0.15) is 17.2 Å². The van der Waals surface area contributed by atoms with E-state index in [0.29, 0.717) is 3.57 Å². The summed E-state index contributed by atoms with van der Waals surface area (Å²) >= 11 is 1.95. The zero-order valence-electron chi connectivity index (χ0n) is 20.5. The Labute approximate surface area is 231 Å². The van der Waals surface area contributed by atoms with Crippen LogP contribution in [0, 0.1) is 22.1 Å². The highest BCUT2D eigenvalue weighted by atomic mass is 127. The second kappa shape index (κ2) is 10.9. The Morgan fingerprint density at radius 2 is 1.84 bits per heavy atom. The Hall–Kier alpha value is -3.24. The first-order valence-corrected chi connectivity index (χ1v) is 13.9. The van der Waals surface area contributed by atoms with Gasteiger partial charge >= 0.3 is 0 Å². The molecule has 0 bridgehead atoms. The molecule has 202 valence electrons. The number of pyridine rings is 1. The monoisotopic (exact) mass is 659 g/mol. The lowest BCUT2D eigenvalue weighted by Gasteiger charge is -2.21. The molecule has 38 heavy (non-hydrogen) atoms. The second-order valence-electron chi connectivity index (χ2n) is 8.60. The maximum atomic E-state index is 14.8. The van der Waals surface area contributed by atoms with E-state index in [1.807, 2.05) is 22.6 Å². The molecule has 1 aromatic heterocycles. The molecule has 10 nitrogen and oxygen atoms in total. The molecule has 1 fully saturated rings. The van der Waals surface area contributed by atoms with Crippen molar-refractivity contribution in [3.63, 3.8) is 0 Å². The van der Waals surface area contributed by atoms with Gasteiger partial charge in [-0.1, -0.05) is 0 Å². The average Bonchev–Trinajstić information content (AvgIpc) is 3.67. The molecule has 14 heteroatoms. The minimum absolute atomic E-state index is 0.00495. The third-order valence-electron chi connectivity index (χ3n) is 5.75. The number of benzene rings is 2. The van der Waals surface area contributed by atoms with Crippen molar-refractivity contribution in [2.24, 2.45) is 7.05 Å². The van der Waals surface area contributed by atoms with Gasteiger partial charge in [0.2, 0.25) is 0 Å². The molecule has 4 rings (SSSR count). The largest absolute Gasteiger partial charge is 0.453 e. The van der Waals surface area contributed by atoms with E-state index in [4.69, 9.17) is 4.74 Å². The molecular weight excluding hydrogens is 635 g/mol. The van der Waals surface area contributed by atoms with Crippen LogP contribution in [0.15, 0.2) is 41.2 Å². The van der Waals surface area contributed by atoms with Crippen molar-refractivity contribution in [3.8, 4) is 11.5 Å². The lowest BCUT2D eigenvalue weighted by atomic mass is 10.1. The van der Waals surface area contributed by atoms with Crippen molar-refractivity contribution in [1.82, 2.24) is 14.6 Å². The smallest absolute Gasteiger partial charge is 0.298 e. The number of hydrogen-bond acceptors (Lipinski definition) is 6. The lowest BCUT2D eigenvalue weighted by molar-refractivity contribution is 0.0948. The molecular formula is C24H24F2IN5O5S. The molecule has 0 atom stereocenters. The number of carbonyl (C=O) groups excluding carboxylic acids is 1. The van der Waals surface area contributed by atoms with E-state index >= 15 is 0 Å². The lowest BCUT2D eigenvalue weighted by Crippen LogP contribution is -2.31. The number of ether oxygens (including phenoxy) is 1. The molecule has 1 amide bonds. The number of aromatic nitrogens is 1. The Morgan fingerprint density at radius 3 is 2.47 bits per heavy atom. The fraction of sp³-hybridized carbons (Fsp3) is 0.250. The van der Waals surface area contributed by atoms with E-state index in [-0.39, 0.29) is 40.1 Å². The van der Waals surface area contributed by atoms with E-state index in [2.05, 4.69) is 20.1 Å². The van der Waals surface area contributed by atoms with Crippen LogP contribution in [0.3, 0.4) is 0 Å². The van der Waals surface area contributed by atoms with Crippen molar-refractivity contribution >= 4 is 55.9 Å². The van der Waals surface area contributed by atoms with Crippen LogP contribution in [0.5, 0.6) is 11.5 Å². The van der Waals surface area contributed by atoms with Crippen molar-refractivity contribution in [3.05, 3.63) is 73.1 Å². The number of anilines is 3. The van der Waals surface area contributed by atoms with Gasteiger partial charge < -0.3 is 15.4 Å². The molecule has 0 unspecified atom stereocenters. The van der Waals surface area contributed by atoms with Crippen LogP contribution in [-0.2, 0) is 17.3 Å². The predicted octanol–water partition coefficient (Wildman–Crippen LogP) is 3.88. The number of nitrogens with zero attached hydrogens (tertiary/aromatic N) is 1. The minimum Gasteiger partial charge on any atom is -0.453 e. The number of carbonyl (C=O) groups is 1. The van der Waals surface area contributed by atoms with Gasteiger partial charge in [-0.15, -0.1) is 0 Å². The first-order valence-electron chi connectivity index (χ1n) is 11.4. The van der Waals surface area contributed by atoms with Crippen molar-refractivity contribution in [1.29, 1.82) is 0 Å². The Balaban J connectivity index is 1.87. The first-order chi connectivity index (χ1) is 17.9. The summed E-state index contributed by atoms with van der Waals surface area (Å²) in [5.41, 5.74) is -0.757. The van der Waals surface area contributed by atoms with Gasteiger partial charge in [0.25, 0.3) is 21.7 Å². The van der Waals surface area contributed by atoms with Crippen LogP contribution in [0.1, 0.15) is 28.8 Å². The van der Waals surface area contributed by atoms with E-state index in [1.165, 1.54) is 39.2 Å². The zero-order valence-corrected chi connectivity index (χ0v) is 23.5. The van der Waals surface area contributed by atoms with Crippen LogP contribution >= 0.6 is 22.6 Å². The molecule has 0 radical (unpaired) electrons. The summed E-state index contributed by atoms with van der Waals surface area (Å²) < 4.78 is 65.2. The summed E-state index contributed by atoms with van der Waals surface area (Å²) in [6.45, 7) is 1.41. The van der Waals surface area contributed by atoms with Crippen LogP contribution < -0.4 is 30.4 Å². The topological polar surface area (TPSA) is 131 Å². The highest BCUT2D eigenvalue weighted by Gasteiger charge is 2.31. The molecule has 1 aliphatic carbocycles. The van der Waals surface area contributed by atoms with Crippen LogP contribution in [0.4, 0.5) is 26.0 Å². The summed E-state index contributed by atoms with van der Waals surface area (Å²) in [5.74, 6) is -2.86. The normalized spacial score (nSPS) is 13.2. The quantitative estimate of drug-likeness (QED) is 0.258. The first kappa shape index (κ1) is 27.8. The van der Waals surface area contributed by atoms with Crippen molar-refractivity contribution in [2.75, 3.05) is 17.1 Å². The summed E-state index contributed by atoms with van der Waals surface area (Å²) in [6.07, 6.45) is 1.53. The van der Waals surface area contributed by atoms with Gasteiger partial charge in [0.05, 0.1) is 16.9 Å². The van der Waals surface area contributed by atoms with Gasteiger partial charge in [0.15, 0.2) is 17.3 Å². The number of halogens is 3. The third kappa shape index (κ3) is 6.07. The molecule has 4 N–H and O–H groups in total. The van der Waals surface area contributed by atoms with Crippen LogP contribution in [0.2, 0.25) is 0 Å². The van der Waals surface area contributed by atoms with E-state index < -0.39 is 39.1 Å². The summed E-state index contributed by atoms with van der Waals surface area (Å²) in [5, 5.41) is 5.64. The molecule has 0 saturated heterocycles. The fourth-order valence-electron chi connectivity index (χ4n) is 3.56. The molecule has 0 spiro atoms. The summed E-state index contributed by atoms with van der Waals surface area (Å²) in [6, 6.07) is 7.55. The molecule has 1 heterocycles. The highest BCUT2D eigenvalue weighted by molar-refractivity contribution is 14.1. The maximum absolute atomic E-state index is 14.8. The second-order valence-corrected chi connectivity index (χ2v) is 11.5. The highest BCUT2D eigenvalue weighted by Crippen LogP contribution is 2.36. The molecule has 1 aliphatic rings. The number of hydrogen-bond donors (Lipinski definition) is 4. The maximum Gasteiger partial charge on any atom is 0.298 e. The van der Waals surface area contributed by atoms with Gasteiger partial charge in [-0.3, -0.25) is 18.9 Å². The number of rotatable bonds is 9. The average molecular weight is 659 g/mol. The van der Waals surface area contributed by atoms with E-state index in [9.17, 15) is 26.8 Å². The molecule has 3 aromatic rings. The zero-order chi connectivity index (χ0) is 27.8. The number of amides is 1. The predicted molar refractivity (Wildman–Crippen MR) is 147 cm³/mol. The van der Waals surface area contributed by atoms with Crippen LogP contribution in [-0.4, -0.2) is 32.0 Å². The van der Waals surface area contributed by atoms with Gasteiger partial charge in [0, 0.05) is 29.8 Å². The van der Waals surface area contributed by atoms with E-state index in [0.717, 1.165) is 29.5 Å². The Bertz CT molecular complexity index is 1590.